The Kier molecular flexibility index (Phi) is 4.00. The number of aromatic nitrogens is 1. The fraction of sp³-hybridized carbons (Fsp3) is 0.250. The first-order chi connectivity index (χ1) is 10.1. The summed E-state index contributed by atoms with van der Waals surface area (Å²) in [5.41, 5.74) is 1.40. The van der Waals surface area contributed by atoms with E-state index in [1.54, 1.807) is 12.1 Å². The molecule has 0 bridgehead atoms. The van der Waals surface area contributed by atoms with Crippen LogP contribution in [-0.2, 0) is 5.54 Å². The Labute approximate surface area is 136 Å². The second-order valence-corrected chi connectivity index (χ2v) is 6.57. The molecule has 108 valence electrons. The summed E-state index contributed by atoms with van der Waals surface area (Å²) in [6, 6.07) is 11.4. The van der Waals surface area contributed by atoms with Crippen LogP contribution >= 0.6 is 27.5 Å². The van der Waals surface area contributed by atoms with Crippen molar-refractivity contribution in [3.63, 3.8) is 0 Å². The van der Waals surface area contributed by atoms with Gasteiger partial charge in [0.05, 0.1) is 11.1 Å². The van der Waals surface area contributed by atoms with Crippen LogP contribution in [0.5, 0.6) is 0 Å². The molecule has 0 spiro atoms. The second-order valence-electron chi connectivity index (χ2n) is 5.27. The molecular formula is C16H14BrClN2O. The first-order valence-corrected chi connectivity index (χ1v) is 7.96. The molecular weight excluding hydrogens is 352 g/mol. The SMILES string of the molecule is O=C(NC1(c2cccc(Br)c2)CCC1)c1ccc(Cl)nc1. The number of nitrogens with one attached hydrogen (secondary N) is 1. The van der Waals surface area contributed by atoms with Crippen molar-refractivity contribution in [1.29, 1.82) is 0 Å². The van der Waals surface area contributed by atoms with Gasteiger partial charge in [-0.1, -0.05) is 39.7 Å². The maximum atomic E-state index is 12.4. The largest absolute Gasteiger partial charge is 0.342 e. The van der Waals surface area contributed by atoms with E-state index in [0.29, 0.717) is 10.7 Å². The molecule has 1 fully saturated rings. The molecule has 2 aromatic rings. The smallest absolute Gasteiger partial charge is 0.253 e. The molecule has 0 aliphatic heterocycles. The lowest BCUT2D eigenvalue weighted by molar-refractivity contribution is 0.0823. The number of benzene rings is 1. The van der Waals surface area contributed by atoms with Gasteiger partial charge in [-0.15, -0.1) is 0 Å². The average Bonchev–Trinajstić information content (AvgIpc) is 2.43. The molecule has 3 nitrogen and oxygen atoms in total. The van der Waals surface area contributed by atoms with Crippen LogP contribution in [0.25, 0.3) is 0 Å². The van der Waals surface area contributed by atoms with E-state index in [1.807, 2.05) is 12.1 Å². The number of amides is 1. The maximum Gasteiger partial charge on any atom is 0.253 e. The van der Waals surface area contributed by atoms with Crippen molar-refractivity contribution in [1.82, 2.24) is 10.3 Å². The average molecular weight is 366 g/mol. The van der Waals surface area contributed by atoms with Gasteiger partial charge in [0.15, 0.2) is 0 Å². The predicted octanol–water partition coefficient (Wildman–Crippen LogP) is 4.31. The highest BCUT2D eigenvalue weighted by Crippen LogP contribution is 2.42. The van der Waals surface area contributed by atoms with Gasteiger partial charge < -0.3 is 5.32 Å². The number of carbonyl (C=O) groups is 1. The summed E-state index contributed by atoms with van der Waals surface area (Å²) in [6.07, 6.45) is 4.53. The molecule has 1 saturated carbocycles. The Balaban J connectivity index is 1.84. The Morgan fingerprint density at radius 1 is 1.29 bits per heavy atom. The van der Waals surface area contributed by atoms with Gasteiger partial charge in [-0.3, -0.25) is 4.79 Å². The Hall–Kier alpha value is -1.39. The maximum absolute atomic E-state index is 12.4. The molecule has 0 saturated heterocycles. The summed E-state index contributed by atoms with van der Waals surface area (Å²) in [7, 11) is 0. The molecule has 21 heavy (non-hydrogen) atoms. The van der Waals surface area contributed by atoms with Crippen molar-refractivity contribution in [3.05, 3.63) is 63.3 Å². The highest BCUT2D eigenvalue weighted by atomic mass is 79.9. The van der Waals surface area contributed by atoms with Gasteiger partial charge in [-0.2, -0.15) is 0 Å². The highest BCUT2D eigenvalue weighted by Gasteiger charge is 2.40. The number of hydrogen-bond donors (Lipinski definition) is 1. The molecule has 5 heteroatoms. The summed E-state index contributed by atoms with van der Waals surface area (Å²) in [5, 5.41) is 3.55. The molecule has 1 aromatic carbocycles. The normalized spacial score (nSPS) is 16.1. The summed E-state index contributed by atoms with van der Waals surface area (Å²) in [6.45, 7) is 0. The summed E-state index contributed by atoms with van der Waals surface area (Å²) >= 11 is 9.24. The minimum Gasteiger partial charge on any atom is -0.342 e. The van der Waals surface area contributed by atoms with Crippen molar-refractivity contribution < 1.29 is 4.79 Å². The zero-order chi connectivity index (χ0) is 14.9. The summed E-state index contributed by atoms with van der Waals surface area (Å²) in [4.78, 5) is 16.4. The van der Waals surface area contributed by atoms with Crippen molar-refractivity contribution in [2.45, 2.75) is 24.8 Å². The van der Waals surface area contributed by atoms with E-state index in [0.717, 1.165) is 29.3 Å². The molecule has 0 unspecified atom stereocenters. The molecule has 1 aromatic heterocycles. The number of nitrogens with zero attached hydrogens (tertiary/aromatic N) is 1. The minimum absolute atomic E-state index is 0.112. The number of halogens is 2. The fourth-order valence-electron chi connectivity index (χ4n) is 2.60. The first kappa shape index (κ1) is 14.5. The van der Waals surface area contributed by atoms with Crippen molar-refractivity contribution >= 4 is 33.4 Å². The van der Waals surface area contributed by atoms with Gasteiger partial charge in [-0.05, 0) is 49.1 Å². The molecule has 1 aliphatic carbocycles. The zero-order valence-corrected chi connectivity index (χ0v) is 13.6. The Bertz CT molecular complexity index is 668. The Morgan fingerprint density at radius 3 is 2.67 bits per heavy atom. The van der Waals surface area contributed by atoms with E-state index in [9.17, 15) is 4.79 Å². The number of pyridine rings is 1. The van der Waals surface area contributed by atoms with Crippen LogP contribution in [-0.4, -0.2) is 10.9 Å². The van der Waals surface area contributed by atoms with Gasteiger partial charge in [-0.25, -0.2) is 4.98 Å². The van der Waals surface area contributed by atoms with E-state index in [-0.39, 0.29) is 11.4 Å². The van der Waals surface area contributed by atoms with Crippen molar-refractivity contribution in [2.24, 2.45) is 0 Å². The van der Waals surface area contributed by atoms with E-state index >= 15 is 0 Å². The molecule has 0 atom stereocenters. The standard InChI is InChI=1S/C16H14BrClN2O/c17-13-4-1-3-12(9-13)16(7-2-8-16)20-15(21)11-5-6-14(18)19-10-11/h1,3-6,9-10H,2,7-8H2,(H,20,21). The lowest BCUT2D eigenvalue weighted by Gasteiger charge is -2.43. The second kappa shape index (κ2) is 5.78. The van der Waals surface area contributed by atoms with Crippen LogP contribution in [0.1, 0.15) is 35.2 Å². The minimum atomic E-state index is -0.263. The highest BCUT2D eigenvalue weighted by molar-refractivity contribution is 9.10. The monoisotopic (exact) mass is 364 g/mol. The first-order valence-electron chi connectivity index (χ1n) is 6.79. The quantitative estimate of drug-likeness (QED) is 0.824. The van der Waals surface area contributed by atoms with Gasteiger partial charge in [0.25, 0.3) is 5.91 Å². The summed E-state index contributed by atoms with van der Waals surface area (Å²) < 4.78 is 1.02. The topological polar surface area (TPSA) is 42.0 Å². The van der Waals surface area contributed by atoms with E-state index in [1.165, 1.54) is 6.20 Å². The molecule has 3 rings (SSSR count). The van der Waals surface area contributed by atoms with Crippen molar-refractivity contribution in [3.8, 4) is 0 Å². The predicted molar refractivity (Wildman–Crippen MR) is 86.4 cm³/mol. The van der Waals surface area contributed by atoms with Gasteiger partial charge >= 0.3 is 0 Å². The van der Waals surface area contributed by atoms with Crippen LogP contribution in [0.15, 0.2) is 47.1 Å². The van der Waals surface area contributed by atoms with E-state index < -0.39 is 0 Å². The lowest BCUT2D eigenvalue weighted by atomic mass is 9.71. The van der Waals surface area contributed by atoms with Crippen LogP contribution in [0.4, 0.5) is 0 Å². The van der Waals surface area contributed by atoms with E-state index in [2.05, 4.69) is 38.4 Å². The molecule has 0 radical (unpaired) electrons. The molecule has 1 heterocycles. The third-order valence-electron chi connectivity index (χ3n) is 3.93. The fourth-order valence-corrected chi connectivity index (χ4v) is 3.11. The van der Waals surface area contributed by atoms with Gasteiger partial charge in [0.1, 0.15) is 5.15 Å². The lowest BCUT2D eigenvalue weighted by Crippen LogP contribution is -2.50. The van der Waals surface area contributed by atoms with Crippen molar-refractivity contribution in [2.75, 3.05) is 0 Å². The van der Waals surface area contributed by atoms with E-state index in [4.69, 9.17) is 11.6 Å². The number of hydrogen-bond acceptors (Lipinski definition) is 2. The van der Waals surface area contributed by atoms with Crippen LogP contribution in [0.2, 0.25) is 5.15 Å². The molecule has 1 amide bonds. The number of rotatable bonds is 3. The Morgan fingerprint density at radius 2 is 2.10 bits per heavy atom. The number of carbonyl (C=O) groups excluding carboxylic acids is 1. The zero-order valence-electron chi connectivity index (χ0n) is 11.3. The molecule has 1 N–H and O–H groups in total. The van der Waals surface area contributed by atoms with Crippen LogP contribution in [0.3, 0.4) is 0 Å². The van der Waals surface area contributed by atoms with Gasteiger partial charge in [0, 0.05) is 10.7 Å². The molecule has 1 aliphatic rings. The third kappa shape index (κ3) is 2.97. The summed E-state index contributed by atoms with van der Waals surface area (Å²) in [5.74, 6) is -0.112. The van der Waals surface area contributed by atoms with Gasteiger partial charge in [0.2, 0.25) is 0 Å². The third-order valence-corrected chi connectivity index (χ3v) is 4.64. The van der Waals surface area contributed by atoms with Crippen LogP contribution < -0.4 is 5.32 Å². The van der Waals surface area contributed by atoms with Crippen LogP contribution in [0, 0.1) is 0 Å².